The molecule has 0 amide bonds. The first-order valence-electron chi connectivity index (χ1n) is 13.9. The zero-order valence-corrected chi connectivity index (χ0v) is 21.3. The van der Waals surface area contributed by atoms with Crippen LogP contribution in [0.5, 0.6) is 5.75 Å². The van der Waals surface area contributed by atoms with E-state index in [-0.39, 0.29) is 0 Å². The lowest BCUT2D eigenvalue weighted by Crippen LogP contribution is -2.16. The van der Waals surface area contributed by atoms with Crippen LogP contribution in [0.25, 0.3) is 11.4 Å². The number of aryl methyl sites for hydroxylation is 1. The summed E-state index contributed by atoms with van der Waals surface area (Å²) in [5.74, 6) is 2.62. The third-order valence-electron chi connectivity index (χ3n) is 7.10. The van der Waals surface area contributed by atoms with E-state index in [4.69, 9.17) is 14.7 Å². The lowest BCUT2D eigenvalue weighted by molar-refractivity contribution is 0.304. The van der Waals surface area contributed by atoms with Crippen molar-refractivity contribution in [2.45, 2.75) is 117 Å². The van der Waals surface area contributed by atoms with Crippen LogP contribution in [0.2, 0.25) is 0 Å². The summed E-state index contributed by atoms with van der Waals surface area (Å²) < 4.78 is 5.92. The van der Waals surface area contributed by atoms with Crippen LogP contribution in [0.3, 0.4) is 0 Å². The minimum absolute atomic E-state index is 0.806. The number of rotatable bonds is 16. The van der Waals surface area contributed by atoms with Crippen molar-refractivity contribution in [1.82, 2.24) is 9.97 Å². The molecule has 3 nitrogen and oxygen atoms in total. The highest BCUT2D eigenvalue weighted by Crippen LogP contribution is 2.29. The Bertz CT molecular complexity index is 786. The van der Waals surface area contributed by atoms with Crippen molar-refractivity contribution in [3.8, 4) is 17.1 Å². The first-order chi connectivity index (χ1) is 16.3. The Morgan fingerprint density at radius 3 is 2.21 bits per heavy atom. The quantitative estimate of drug-likeness (QED) is 0.240. The maximum atomic E-state index is 5.92. The van der Waals surface area contributed by atoms with Crippen molar-refractivity contribution in [2.24, 2.45) is 5.92 Å². The molecule has 3 heteroatoms. The number of hydrogen-bond acceptors (Lipinski definition) is 3. The monoisotopic (exact) mass is 450 g/mol. The van der Waals surface area contributed by atoms with E-state index in [0.29, 0.717) is 0 Å². The molecule has 1 heterocycles. The molecule has 1 atom stereocenters. The van der Waals surface area contributed by atoms with E-state index in [2.05, 4.69) is 44.3 Å². The van der Waals surface area contributed by atoms with Crippen LogP contribution in [0, 0.1) is 5.92 Å². The molecule has 1 unspecified atom stereocenters. The van der Waals surface area contributed by atoms with Gasteiger partial charge in [0.05, 0.1) is 6.61 Å². The van der Waals surface area contributed by atoms with Gasteiger partial charge in [0, 0.05) is 17.5 Å². The first-order valence-corrected chi connectivity index (χ1v) is 13.9. The van der Waals surface area contributed by atoms with Gasteiger partial charge in [-0.1, -0.05) is 90.9 Å². The van der Waals surface area contributed by atoms with Crippen LogP contribution in [-0.4, -0.2) is 16.6 Å². The van der Waals surface area contributed by atoms with Crippen molar-refractivity contribution in [2.75, 3.05) is 6.61 Å². The molecule has 2 aromatic rings. The predicted octanol–water partition coefficient (Wildman–Crippen LogP) is 8.74. The van der Waals surface area contributed by atoms with Crippen LogP contribution < -0.4 is 4.74 Å². The molecule has 182 valence electrons. The average molecular weight is 451 g/mol. The van der Waals surface area contributed by atoms with E-state index in [1.165, 1.54) is 94.7 Å². The molecule has 1 aromatic heterocycles. The number of hydrogen-bond donors (Lipinski definition) is 0. The van der Waals surface area contributed by atoms with Gasteiger partial charge < -0.3 is 4.74 Å². The summed E-state index contributed by atoms with van der Waals surface area (Å²) in [6.45, 7) is 5.35. The largest absolute Gasteiger partial charge is 0.494 e. The zero-order chi connectivity index (χ0) is 23.1. The summed E-state index contributed by atoms with van der Waals surface area (Å²) in [7, 11) is 0. The molecule has 0 saturated carbocycles. The maximum Gasteiger partial charge on any atom is 0.159 e. The normalized spacial score (nSPS) is 15.4. The molecule has 0 aliphatic heterocycles. The molecule has 1 aromatic carbocycles. The summed E-state index contributed by atoms with van der Waals surface area (Å²) >= 11 is 0. The van der Waals surface area contributed by atoms with Crippen LogP contribution in [0.15, 0.2) is 30.5 Å². The Balaban J connectivity index is 1.41. The SMILES string of the molecule is CCCCCCCCOc1ccc(-c2ncc3c(n2)CCC(CCCCCCCC)C3)cc1. The molecule has 0 fully saturated rings. The molecule has 0 radical (unpaired) electrons. The Hall–Kier alpha value is -1.90. The van der Waals surface area contributed by atoms with Crippen molar-refractivity contribution >= 4 is 0 Å². The van der Waals surface area contributed by atoms with Gasteiger partial charge in [-0.05, 0) is 61.4 Å². The molecular formula is C30H46N2O. The maximum absolute atomic E-state index is 5.92. The molecule has 33 heavy (non-hydrogen) atoms. The lowest BCUT2D eigenvalue weighted by atomic mass is 9.84. The second kappa shape index (κ2) is 15.1. The van der Waals surface area contributed by atoms with Crippen molar-refractivity contribution in [3.05, 3.63) is 41.7 Å². The zero-order valence-electron chi connectivity index (χ0n) is 21.3. The van der Waals surface area contributed by atoms with Gasteiger partial charge >= 0.3 is 0 Å². The van der Waals surface area contributed by atoms with Crippen LogP contribution in [-0.2, 0) is 12.8 Å². The van der Waals surface area contributed by atoms with Gasteiger partial charge in [0.1, 0.15) is 5.75 Å². The Labute approximate surface area is 202 Å². The number of nitrogens with zero attached hydrogens (tertiary/aromatic N) is 2. The molecule has 0 bridgehead atoms. The highest BCUT2D eigenvalue weighted by molar-refractivity contribution is 5.56. The van der Waals surface area contributed by atoms with Gasteiger partial charge in [0.2, 0.25) is 0 Å². The van der Waals surface area contributed by atoms with Gasteiger partial charge in [-0.3, -0.25) is 0 Å². The van der Waals surface area contributed by atoms with Gasteiger partial charge in [-0.25, -0.2) is 9.97 Å². The third-order valence-corrected chi connectivity index (χ3v) is 7.10. The fourth-order valence-corrected chi connectivity index (χ4v) is 4.95. The summed E-state index contributed by atoms with van der Waals surface area (Å²) in [5, 5.41) is 0. The number of aromatic nitrogens is 2. The molecular weight excluding hydrogens is 404 g/mol. The van der Waals surface area contributed by atoms with Gasteiger partial charge in [0.25, 0.3) is 0 Å². The fourth-order valence-electron chi connectivity index (χ4n) is 4.95. The fraction of sp³-hybridized carbons (Fsp3) is 0.667. The predicted molar refractivity (Wildman–Crippen MR) is 140 cm³/mol. The van der Waals surface area contributed by atoms with Gasteiger partial charge in [-0.2, -0.15) is 0 Å². The van der Waals surface area contributed by atoms with E-state index >= 15 is 0 Å². The number of ether oxygens (including phenoxy) is 1. The minimum atomic E-state index is 0.806. The number of benzene rings is 1. The van der Waals surface area contributed by atoms with E-state index in [1.807, 2.05) is 0 Å². The topological polar surface area (TPSA) is 35.0 Å². The van der Waals surface area contributed by atoms with Crippen LogP contribution in [0.1, 0.15) is 115 Å². The van der Waals surface area contributed by atoms with E-state index in [0.717, 1.165) is 48.9 Å². The molecule has 0 spiro atoms. The summed E-state index contributed by atoms with van der Waals surface area (Å²) in [6, 6.07) is 8.32. The highest BCUT2D eigenvalue weighted by Gasteiger charge is 2.20. The molecule has 1 aliphatic rings. The minimum Gasteiger partial charge on any atom is -0.494 e. The number of fused-ring (bicyclic) bond motifs is 1. The lowest BCUT2D eigenvalue weighted by Gasteiger charge is -2.24. The Morgan fingerprint density at radius 1 is 0.818 bits per heavy atom. The van der Waals surface area contributed by atoms with Crippen molar-refractivity contribution < 1.29 is 4.74 Å². The van der Waals surface area contributed by atoms with Gasteiger partial charge in [-0.15, -0.1) is 0 Å². The van der Waals surface area contributed by atoms with E-state index in [9.17, 15) is 0 Å². The second-order valence-electron chi connectivity index (χ2n) is 9.97. The van der Waals surface area contributed by atoms with Crippen molar-refractivity contribution in [1.29, 1.82) is 0 Å². The Morgan fingerprint density at radius 2 is 1.48 bits per heavy atom. The second-order valence-corrected chi connectivity index (χ2v) is 9.97. The molecule has 1 aliphatic carbocycles. The standard InChI is InChI=1S/C30H46N2O/c1-3-5-7-9-11-13-15-25-16-21-29-27(23-25)24-31-30(32-29)26-17-19-28(20-18-26)33-22-14-12-10-8-6-4-2/h17-20,24-25H,3-16,21-23H2,1-2H3. The smallest absolute Gasteiger partial charge is 0.159 e. The van der Waals surface area contributed by atoms with Crippen LogP contribution in [0.4, 0.5) is 0 Å². The average Bonchev–Trinajstić information content (AvgIpc) is 2.85. The van der Waals surface area contributed by atoms with Crippen molar-refractivity contribution in [3.63, 3.8) is 0 Å². The van der Waals surface area contributed by atoms with E-state index < -0.39 is 0 Å². The molecule has 0 N–H and O–H groups in total. The first kappa shape index (κ1) is 25.7. The summed E-state index contributed by atoms with van der Waals surface area (Å²) in [6.07, 6.45) is 23.1. The summed E-state index contributed by atoms with van der Waals surface area (Å²) in [4.78, 5) is 9.65. The Kier molecular flexibility index (Phi) is 11.8. The summed E-state index contributed by atoms with van der Waals surface area (Å²) in [5.41, 5.74) is 3.72. The molecule has 3 rings (SSSR count). The van der Waals surface area contributed by atoms with Crippen LogP contribution >= 0.6 is 0 Å². The molecule has 0 saturated heterocycles. The van der Waals surface area contributed by atoms with Gasteiger partial charge in [0.15, 0.2) is 5.82 Å². The third kappa shape index (κ3) is 9.10. The highest BCUT2D eigenvalue weighted by atomic mass is 16.5. The number of unbranched alkanes of at least 4 members (excludes halogenated alkanes) is 10. The van der Waals surface area contributed by atoms with E-state index in [1.54, 1.807) is 0 Å².